The first kappa shape index (κ1) is 35.0. The second-order valence-corrected chi connectivity index (χ2v) is 10.0. The standard InChI is InChI=1S/C23H29N3O16S/c24-8(21(37)38)1-2-12(28)26-9(19(34)25-5-13(29)30)6-43-18-10(27)3-7(20(35)36)4-11(18)41-23-16(33)14(31)15(32)17(42-23)22(39)40/h3-4,8-9,14-17,23,27,31-33H,1-2,5-6,24H2,(H,25,34)(H,26,28)(H,29,30)(H,35,36)(H,37,38)(H,39,40). The molecule has 12 N–H and O–H groups in total. The molecule has 1 aromatic carbocycles. The zero-order chi connectivity index (χ0) is 32.6. The summed E-state index contributed by atoms with van der Waals surface area (Å²) in [4.78, 5) is 69.5. The van der Waals surface area contributed by atoms with Gasteiger partial charge in [-0.25, -0.2) is 9.59 Å². The Morgan fingerprint density at radius 2 is 1.65 bits per heavy atom. The number of ether oxygens (including phenoxy) is 2. The van der Waals surface area contributed by atoms with Crippen molar-refractivity contribution in [1.82, 2.24) is 10.6 Å². The number of carbonyl (C=O) groups excluding carboxylic acids is 2. The Hall–Kier alpha value is -4.21. The van der Waals surface area contributed by atoms with E-state index < -0.39 is 114 Å². The number of amides is 2. The highest BCUT2D eigenvalue weighted by atomic mass is 32.2. The van der Waals surface area contributed by atoms with Crippen LogP contribution in [0.15, 0.2) is 17.0 Å². The van der Waals surface area contributed by atoms with Crippen molar-refractivity contribution >= 4 is 47.5 Å². The topological polar surface area (TPSA) is 333 Å². The number of aromatic carboxylic acids is 1. The van der Waals surface area contributed by atoms with E-state index in [9.17, 15) is 59.4 Å². The first-order valence-corrected chi connectivity index (χ1v) is 13.1. The van der Waals surface area contributed by atoms with Gasteiger partial charge >= 0.3 is 23.9 Å². The van der Waals surface area contributed by atoms with E-state index in [-0.39, 0.29) is 11.3 Å². The molecular formula is C23H29N3O16S. The fourth-order valence-corrected chi connectivity index (χ4v) is 4.55. The number of thioether (sulfide) groups is 1. The summed E-state index contributed by atoms with van der Waals surface area (Å²) in [6, 6.07) is -1.30. The first-order chi connectivity index (χ1) is 20.0. The normalized spacial score (nSPS) is 22.9. The van der Waals surface area contributed by atoms with E-state index in [0.29, 0.717) is 11.8 Å². The molecule has 1 aromatic rings. The van der Waals surface area contributed by atoms with Gasteiger partial charge in [-0.15, -0.1) is 11.8 Å². The van der Waals surface area contributed by atoms with Crippen LogP contribution in [0.5, 0.6) is 11.5 Å². The Labute approximate surface area is 245 Å². The van der Waals surface area contributed by atoms with E-state index in [4.69, 9.17) is 25.4 Å². The lowest BCUT2D eigenvalue weighted by Crippen LogP contribution is -2.61. The minimum Gasteiger partial charge on any atom is -0.507 e. The van der Waals surface area contributed by atoms with Gasteiger partial charge in [-0.3, -0.25) is 19.2 Å². The van der Waals surface area contributed by atoms with E-state index in [0.717, 1.165) is 12.1 Å². The zero-order valence-corrected chi connectivity index (χ0v) is 22.7. The van der Waals surface area contributed by atoms with Crippen molar-refractivity contribution in [3.05, 3.63) is 17.7 Å². The van der Waals surface area contributed by atoms with Crippen LogP contribution in [0.4, 0.5) is 0 Å². The SMILES string of the molecule is NC(CCC(=O)NC(CSc1c(O)cc(C(=O)O)cc1OC1OC(C(=O)O)C(O)C(O)C1O)C(=O)NCC(=O)O)C(=O)O. The number of carboxylic acids is 4. The highest BCUT2D eigenvalue weighted by Crippen LogP contribution is 2.40. The molecule has 0 saturated carbocycles. The summed E-state index contributed by atoms with van der Waals surface area (Å²) in [7, 11) is 0. The van der Waals surface area contributed by atoms with Gasteiger partial charge in [0, 0.05) is 12.2 Å². The molecule has 238 valence electrons. The molecule has 1 saturated heterocycles. The molecule has 1 aliphatic heterocycles. The summed E-state index contributed by atoms with van der Waals surface area (Å²) in [6.45, 7) is -0.845. The molecule has 0 spiro atoms. The van der Waals surface area contributed by atoms with Crippen molar-refractivity contribution in [2.75, 3.05) is 12.3 Å². The molecule has 0 radical (unpaired) electrons. The molecule has 0 aliphatic carbocycles. The van der Waals surface area contributed by atoms with Crippen LogP contribution < -0.4 is 21.1 Å². The number of carboxylic acid groups (broad SMARTS) is 4. The van der Waals surface area contributed by atoms with E-state index in [2.05, 4.69) is 5.32 Å². The van der Waals surface area contributed by atoms with Crippen LogP contribution in [0.2, 0.25) is 0 Å². The maximum Gasteiger partial charge on any atom is 0.335 e. The number of aliphatic hydroxyl groups excluding tert-OH is 3. The molecule has 19 nitrogen and oxygen atoms in total. The number of nitrogens with one attached hydrogen (secondary N) is 2. The summed E-state index contributed by atoms with van der Waals surface area (Å²) < 4.78 is 10.5. The second kappa shape index (κ2) is 15.3. The lowest BCUT2D eigenvalue weighted by Gasteiger charge is -2.38. The molecule has 43 heavy (non-hydrogen) atoms. The van der Waals surface area contributed by atoms with E-state index in [1.807, 2.05) is 5.32 Å². The molecule has 7 unspecified atom stereocenters. The highest BCUT2D eigenvalue weighted by Gasteiger charge is 2.48. The van der Waals surface area contributed by atoms with Gasteiger partial charge in [0.2, 0.25) is 18.1 Å². The average Bonchev–Trinajstić information content (AvgIpc) is 2.92. The van der Waals surface area contributed by atoms with Crippen LogP contribution in [0.1, 0.15) is 23.2 Å². The third-order valence-corrected chi connectivity index (χ3v) is 7.00. The summed E-state index contributed by atoms with van der Waals surface area (Å²) in [5.41, 5.74) is 4.80. The van der Waals surface area contributed by atoms with Gasteiger partial charge in [-0.2, -0.15) is 0 Å². The van der Waals surface area contributed by atoms with Crippen molar-refractivity contribution in [3.63, 3.8) is 0 Å². The van der Waals surface area contributed by atoms with Crippen LogP contribution in [0.25, 0.3) is 0 Å². The Morgan fingerprint density at radius 3 is 2.21 bits per heavy atom. The Kier molecular flexibility index (Phi) is 12.5. The number of aliphatic hydroxyl groups is 3. The number of aromatic hydroxyl groups is 1. The fraction of sp³-hybridized carbons (Fsp3) is 0.478. The number of rotatable bonds is 15. The largest absolute Gasteiger partial charge is 0.507 e. The van der Waals surface area contributed by atoms with Crippen LogP contribution in [-0.4, -0.2) is 132 Å². The monoisotopic (exact) mass is 635 g/mol. The summed E-state index contributed by atoms with van der Waals surface area (Å²) >= 11 is 0.559. The quantitative estimate of drug-likeness (QED) is 0.0827. The first-order valence-electron chi connectivity index (χ1n) is 12.1. The number of phenolic OH excluding ortho intramolecular Hbond substituents is 1. The van der Waals surface area contributed by atoms with Gasteiger partial charge in [-0.1, -0.05) is 0 Å². The Balaban J connectivity index is 2.36. The smallest absolute Gasteiger partial charge is 0.335 e. The number of nitrogens with two attached hydrogens (primary N) is 1. The van der Waals surface area contributed by atoms with Gasteiger partial charge in [-0.05, 0) is 18.6 Å². The number of carbonyl (C=O) groups is 6. The Morgan fingerprint density at radius 1 is 1.00 bits per heavy atom. The lowest BCUT2D eigenvalue weighted by molar-refractivity contribution is -0.271. The van der Waals surface area contributed by atoms with E-state index in [1.165, 1.54) is 0 Å². The molecule has 1 heterocycles. The zero-order valence-electron chi connectivity index (χ0n) is 21.9. The molecule has 1 aliphatic rings. The number of phenols is 1. The second-order valence-electron chi connectivity index (χ2n) is 9.01. The van der Waals surface area contributed by atoms with Gasteiger partial charge in [0.15, 0.2) is 6.10 Å². The Bertz CT molecular complexity index is 1250. The van der Waals surface area contributed by atoms with Gasteiger partial charge < -0.3 is 66.7 Å². The van der Waals surface area contributed by atoms with Crippen molar-refractivity contribution < 1.29 is 79.1 Å². The van der Waals surface area contributed by atoms with Crippen LogP contribution in [-0.2, 0) is 28.7 Å². The predicted molar refractivity (Wildman–Crippen MR) is 138 cm³/mol. The fourth-order valence-electron chi connectivity index (χ4n) is 3.53. The molecule has 0 bridgehead atoms. The molecule has 7 atom stereocenters. The molecule has 1 fully saturated rings. The third-order valence-electron chi connectivity index (χ3n) is 5.80. The van der Waals surface area contributed by atoms with Crippen LogP contribution in [0, 0.1) is 0 Å². The summed E-state index contributed by atoms with van der Waals surface area (Å²) in [5, 5.41) is 81.5. The van der Waals surface area contributed by atoms with Crippen molar-refractivity contribution in [2.45, 2.75) is 60.5 Å². The lowest BCUT2D eigenvalue weighted by atomic mass is 9.99. The number of aliphatic carboxylic acids is 3. The van der Waals surface area contributed by atoms with Crippen molar-refractivity contribution in [1.29, 1.82) is 0 Å². The van der Waals surface area contributed by atoms with Crippen molar-refractivity contribution in [3.8, 4) is 11.5 Å². The van der Waals surface area contributed by atoms with Crippen molar-refractivity contribution in [2.24, 2.45) is 5.73 Å². The van der Waals surface area contributed by atoms with Gasteiger partial charge in [0.1, 0.15) is 48.4 Å². The third kappa shape index (κ3) is 9.66. The minimum absolute atomic E-state index is 0.311. The molecule has 20 heteroatoms. The summed E-state index contributed by atoms with van der Waals surface area (Å²) in [5.74, 6) is -9.75. The van der Waals surface area contributed by atoms with Gasteiger partial charge in [0.05, 0.1) is 10.5 Å². The predicted octanol–water partition coefficient (Wildman–Crippen LogP) is -3.67. The molecule has 2 amide bonds. The molecular weight excluding hydrogens is 606 g/mol. The maximum atomic E-state index is 12.6. The number of hydrogen-bond acceptors (Lipinski definition) is 14. The van der Waals surface area contributed by atoms with Crippen LogP contribution in [0.3, 0.4) is 0 Å². The number of benzene rings is 1. The minimum atomic E-state index is -2.08. The maximum absolute atomic E-state index is 12.6. The van der Waals surface area contributed by atoms with E-state index >= 15 is 0 Å². The highest BCUT2D eigenvalue weighted by molar-refractivity contribution is 7.99. The summed E-state index contributed by atoms with van der Waals surface area (Å²) in [6.07, 6.45) is -11.1. The van der Waals surface area contributed by atoms with Crippen LogP contribution >= 0.6 is 11.8 Å². The molecule has 2 rings (SSSR count). The molecule has 0 aromatic heterocycles. The number of hydrogen-bond donors (Lipinski definition) is 11. The van der Waals surface area contributed by atoms with Gasteiger partial charge in [0.25, 0.3) is 0 Å². The van der Waals surface area contributed by atoms with E-state index in [1.54, 1.807) is 0 Å². The average molecular weight is 636 g/mol.